The molecule has 0 aliphatic heterocycles. The van der Waals surface area contributed by atoms with Gasteiger partial charge in [0, 0.05) is 17.1 Å². The summed E-state index contributed by atoms with van der Waals surface area (Å²) in [5.41, 5.74) is 12.1. The number of nitrogens with two attached hydrogens (primary N) is 2. The maximum Gasteiger partial charge on any atom is 0.237 e. The van der Waals surface area contributed by atoms with Gasteiger partial charge in [-0.05, 0) is 39.7 Å². The van der Waals surface area contributed by atoms with Crippen LogP contribution in [0.15, 0.2) is 11.2 Å². The Morgan fingerprint density at radius 2 is 1.89 bits per heavy atom. The van der Waals surface area contributed by atoms with Gasteiger partial charge in [0.2, 0.25) is 5.91 Å². The van der Waals surface area contributed by atoms with Crippen LogP contribution >= 0.6 is 11.8 Å². The molecule has 19 heavy (non-hydrogen) atoms. The van der Waals surface area contributed by atoms with Crippen LogP contribution in [-0.4, -0.2) is 27.2 Å². The second kappa shape index (κ2) is 6.86. The number of aryl methyl sites for hydroxylation is 2. The number of carbonyl (C=O) groups is 1. The Hall–Kier alpha value is -1.14. The molecule has 0 bridgehead atoms. The third-order valence-electron chi connectivity index (χ3n) is 2.85. The number of hydrogen-bond acceptors (Lipinski definition) is 5. The molecule has 1 amide bonds. The van der Waals surface area contributed by atoms with Crippen LogP contribution in [-0.2, 0) is 4.79 Å². The summed E-state index contributed by atoms with van der Waals surface area (Å²) in [6.45, 7) is 5.60. The largest absolute Gasteiger partial charge is 0.368 e. The average Bonchev–Trinajstić information content (AvgIpc) is 2.26. The van der Waals surface area contributed by atoms with Crippen molar-refractivity contribution in [2.45, 2.75) is 50.7 Å². The van der Waals surface area contributed by atoms with Gasteiger partial charge in [-0.1, -0.05) is 18.2 Å². The lowest BCUT2D eigenvalue weighted by molar-refractivity contribution is -0.122. The molecule has 0 aliphatic rings. The van der Waals surface area contributed by atoms with Crippen molar-refractivity contribution in [3.63, 3.8) is 0 Å². The standard InChI is InChI=1S/C13H22N4OS/c1-9-8-10(2)17-12(16-9)19-7-5-4-6-13(3,15)11(14)18/h8H,4-7,15H2,1-3H3,(H2,14,18). The molecule has 4 N–H and O–H groups in total. The minimum Gasteiger partial charge on any atom is -0.368 e. The molecule has 0 fully saturated rings. The van der Waals surface area contributed by atoms with E-state index in [1.54, 1.807) is 18.7 Å². The van der Waals surface area contributed by atoms with Crippen LogP contribution in [0, 0.1) is 13.8 Å². The molecule has 0 aromatic carbocycles. The molecule has 6 heteroatoms. The second-order valence-electron chi connectivity index (χ2n) is 5.02. The summed E-state index contributed by atoms with van der Waals surface area (Å²) in [7, 11) is 0. The van der Waals surface area contributed by atoms with E-state index in [0.717, 1.165) is 35.1 Å². The molecule has 0 saturated carbocycles. The van der Waals surface area contributed by atoms with E-state index in [9.17, 15) is 4.79 Å². The fourth-order valence-corrected chi connectivity index (χ4v) is 2.59. The Bertz CT molecular complexity index is 428. The number of nitrogens with zero attached hydrogens (tertiary/aromatic N) is 2. The number of thioether (sulfide) groups is 1. The van der Waals surface area contributed by atoms with Crippen LogP contribution in [0.1, 0.15) is 37.6 Å². The van der Waals surface area contributed by atoms with Crippen molar-refractivity contribution in [3.8, 4) is 0 Å². The predicted molar refractivity (Wildman–Crippen MR) is 77.9 cm³/mol. The van der Waals surface area contributed by atoms with Gasteiger partial charge in [0.1, 0.15) is 0 Å². The molecule has 1 atom stereocenters. The lowest BCUT2D eigenvalue weighted by Crippen LogP contribution is -2.49. The van der Waals surface area contributed by atoms with Crippen LogP contribution in [0.4, 0.5) is 0 Å². The van der Waals surface area contributed by atoms with Crippen LogP contribution in [0.25, 0.3) is 0 Å². The molecule has 1 rings (SSSR count). The van der Waals surface area contributed by atoms with Crippen LogP contribution in [0.3, 0.4) is 0 Å². The van der Waals surface area contributed by atoms with Gasteiger partial charge in [0.15, 0.2) is 5.16 Å². The van der Waals surface area contributed by atoms with E-state index in [2.05, 4.69) is 9.97 Å². The van der Waals surface area contributed by atoms with Gasteiger partial charge in [0.05, 0.1) is 5.54 Å². The monoisotopic (exact) mass is 282 g/mol. The second-order valence-corrected chi connectivity index (χ2v) is 6.08. The summed E-state index contributed by atoms with van der Waals surface area (Å²) in [6.07, 6.45) is 2.44. The van der Waals surface area contributed by atoms with E-state index >= 15 is 0 Å². The van der Waals surface area contributed by atoms with Crippen molar-refractivity contribution < 1.29 is 4.79 Å². The summed E-state index contributed by atoms with van der Waals surface area (Å²) in [4.78, 5) is 19.8. The molecular weight excluding hydrogens is 260 g/mol. The first-order chi connectivity index (χ1) is 8.81. The Morgan fingerprint density at radius 1 is 1.32 bits per heavy atom. The number of amides is 1. The van der Waals surface area contributed by atoms with E-state index in [-0.39, 0.29) is 0 Å². The zero-order chi connectivity index (χ0) is 14.5. The first-order valence-corrected chi connectivity index (χ1v) is 7.34. The van der Waals surface area contributed by atoms with Gasteiger partial charge in [-0.3, -0.25) is 4.79 Å². The third kappa shape index (κ3) is 5.57. The summed E-state index contributed by atoms with van der Waals surface area (Å²) >= 11 is 1.63. The van der Waals surface area contributed by atoms with Gasteiger partial charge in [-0.2, -0.15) is 0 Å². The average molecular weight is 282 g/mol. The summed E-state index contributed by atoms with van der Waals surface area (Å²) in [6, 6.07) is 1.96. The number of hydrogen-bond donors (Lipinski definition) is 2. The molecule has 0 aliphatic carbocycles. The highest BCUT2D eigenvalue weighted by atomic mass is 32.2. The zero-order valence-corrected chi connectivity index (χ0v) is 12.6. The maximum absolute atomic E-state index is 11.1. The highest BCUT2D eigenvalue weighted by molar-refractivity contribution is 7.99. The number of rotatable bonds is 7. The molecule has 0 radical (unpaired) electrons. The van der Waals surface area contributed by atoms with E-state index < -0.39 is 11.4 Å². The smallest absolute Gasteiger partial charge is 0.237 e. The molecule has 1 unspecified atom stereocenters. The van der Waals surface area contributed by atoms with Gasteiger partial charge >= 0.3 is 0 Å². The van der Waals surface area contributed by atoms with Crippen molar-refractivity contribution in [3.05, 3.63) is 17.5 Å². The van der Waals surface area contributed by atoms with Crippen LogP contribution < -0.4 is 11.5 Å². The lowest BCUT2D eigenvalue weighted by Gasteiger charge is -2.19. The van der Waals surface area contributed by atoms with E-state index in [4.69, 9.17) is 11.5 Å². The Morgan fingerprint density at radius 3 is 2.42 bits per heavy atom. The highest BCUT2D eigenvalue weighted by Crippen LogP contribution is 2.18. The number of unbranched alkanes of at least 4 members (excludes halogenated alkanes) is 1. The normalized spacial score (nSPS) is 14.1. The predicted octanol–water partition coefficient (Wildman–Crippen LogP) is 1.56. The molecular formula is C13H22N4OS. The van der Waals surface area contributed by atoms with Crippen molar-refractivity contribution in [1.82, 2.24) is 9.97 Å². The van der Waals surface area contributed by atoms with Crippen molar-refractivity contribution in [2.75, 3.05) is 5.75 Å². The van der Waals surface area contributed by atoms with Crippen LogP contribution in [0.5, 0.6) is 0 Å². The summed E-state index contributed by atoms with van der Waals surface area (Å²) < 4.78 is 0. The van der Waals surface area contributed by atoms with Crippen molar-refractivity contribution in [2.24, 2.45) is 11.5 Å². The highest BCUT2D eigenvalue weighted by Gasteiger charge is 2.24. The zero-order valence-electron chi connectivity index (χ0n) is 11.8. The van der Waals surface area contributed by atoms with Crippen molar-refractivity contribution in [1.29, 1.82) is 0 Å². The molecule has 1 aromatic rings. The third-order valence-corrected chi connectivity index (χ3v) is 3.78. The number of aromatic nitrogens is 2. The molecule has 1 aromatic heterocycles. The Balaban J connectivity index is 2.30. The van der Waals surface area contributed by atoms with E-state index in [0.29, 0.717) is 6.42 Å². The Kier molecular flexibility index (Phi) is 5.75. The fourth-order valence-electron chi connectivity index (χ4n) is 1.64. The lowest BCUT2D eigenvalue weighted by atomic mass is 9.96. The SMILES string of the molecule is Cc1cc(C)nc(SCCCCC(C)(N)C(N)=O)n1. The van der Waals surface area contributed by atoms with Gasteiger partial charge in [0.25, 0.3) is 0 Å². The molecule has 5 nitrogen and oxygen atoms in total. The first kappa shape index (κ1) is 15.9. The fraction of sp³-hybridized carbons (Fsp3) is 0.615. The molecule has 0 saturated heterocycles. The molecule has 106 valence electrons. The minimum atomic E-state index is -0.902. The van der Waals surface area contributed by atoms with Gasteiger partial charge in [-0.25, -0.2) is 9.97 Å². The first-order valence-electron chi connectivity index (χ1n) is 6.35. The summed E-state index contributed by atoms with van der Waals surface area (Å²) in [5.74, 6) is 0.468. The maximum atomic E-state index is 11.1. The van der Waals surface area contributed by atoms with Gasteiger partial charge in [-0.15, -0.1) is 0 Å². The Labute approximate surface area is 118 Å². The van der Waals surface area contributed by atoms with E-state index in [1.807, 2.05) is 19.9 Å². The van der Waals surface area contributed by atoms with Crippen LogP contribution in [0.2, 0.25) is 0 Å². The topological polar surface area (TPSA) is 94.9 Å². The number of primary amides is 1. The molecule has 1 heterocycles. The molecule has 0 spiro atoms. The van der Waals surface area contributed by atoms with Gasteiger partial charge < -0.3 is 11.5 Å². The summed E-state index contributed by atoms with van der Waals surface area (Å²) in [5, 5.41) is 0.808. The minimum absolute atomic E-state index is 0.446. The van der Waals surface area contributed by atoms with Crippen molar-refractivity contribution >= 4 is 17.7 Å². The quantitative estimate of drug-likeness (QED) is 0.449. The van der Waals surface area contributed by atoms with E-state index in [1.165, 1.54) is 0 Å². The number of carbonyl (C=O) groups excluding carboxylic acids is 1.